The van der Waals surface area contributed by atoms with Gasteiger partial charge in [0.2, 0.25) is 11.8 Å². The van der Waals surface area contributed by atoms with Crippen LogP contribution >= 0.6 is 0 Å². The number of unbranched alkanes of at least 4 members (excludes halogenated alkanes) is 6. The van der Waals surface area contributed by atoms with Crippen LogP contribution in [0.4, 0.5) is 14.5 Å². The minimum absolute atomic E-state index is 0.0954. The van der Waals surface area contributed by atoms with Gasteiger partial charge in [0, 0.05) is 18.5 Å². The second-order valence-corrected chi connectivity index (χ2v) is 8.05. The van der Waals surface area contributed by atoms with Crippen LogP contribution in [0.3, 0.4) is 0 Å². The lowest BCUT2D eigenvalue weighted by Crippen LogP contribution is -2.17. The van der Waals surface area contributed by atoms with Gasteiger partial charge in [0.05, 0.1) is 13.0 Å². The molecule has 0 bridgehead atoms. The number of rotatable bonds is 18. The van der Waals surface area contributed by atoms with Gasteiger partial charge in [0.15, 0.2) is 0 Å². The van der Waals surface area contributed by atoms with E-state index in [2.05, 4.69) is 5.32 Å². The third-order valence-electron chi connectivity index (χ3n) is 5.11. The van der Waals surface area contributed by atoms with Crippen molar-refractivity contribution in [3.63, 3.8) is 0 Å². The fourth-order valence-electron chi connectivity index (χ4n) is 3.21. The van der Waals surface area contributed by atoms with Gasteiger partial charge in [-0.1, -0.05) is 44.2 Å². The maximum atomic E-state index is 12.7. The average Bonchev–Trinajstić information content (AvgIpc) is 2.81. The third kappa shape index (κ3) is 15.0. The number of benzene rings is 1. The minimum Gasteiger partial charge on any atom is -0.465 e. The lowest BCUT2D eigenvalue weighted by molar-refractivity contribution is -0.143. The highest BCUT2D eigenvalue weighted by Gasteiger charge is 2.08. The number of hydrogen-bond donors (Lipinski definition) is 3. The molecule has 9 heteroatoms. The monoisotopic (exact) mass is 470 g/mol. The molecule has 1 atom stereocenters. The normalized spacial score (nSPS) is 11.6. The summed E-state index contributed by atoms with van der Waals surface area (Å²) in [5.41, 5.74) is 3.03. The number of nitrogens with one attached hydrogen (secondary N) is 2. The van der Waals surface area contributed by atoms with E-state index in [0.717, 1.165) is 31.2 Å². The number of halogens is 2. The van der Waals surface area contributed by atoms with Gasteiger partial charge in [-0.05, 0) is 43.4 Å². The number of anilines is 1. The molecule has 0 fully saturated rings. The number of carbonyl (C=O) groups is 3. The second-order valence-electron chi connectivity index (χ2n) is 8.05. The standard InChI is InChI=1S/C24H36F2N2O5/c25-18-20(26)9-5-3-4-8-16-33-24(31)17-19-12-14-21(15-13-19)27-22(29)10-6-1-2-7-11-23(30)28-32/h12-15,20,32H,1-11,16-18H2,(H,27,29)(H,28,30). The maximum Gasteiger partial charge on any atom is 0.310 e. The molecule has 33 heavy (non-hydrogen) atoms. The molecule has 2 amide bonds. The highest BCUT2D eigenvalue weighted by Crippen LogP contribution is 2.13. The van der Waals surface area contributed by atoms with E-state index >= 15 is 0 Å². The van der Waals surface area contributed by atoms with Crippen LogP contribution in [-0.4, -0.2) is 42.4 Å². The largest absolute Gasteiger partial charge is 0.465 e. The summed E-state index contributed by atoms with van der Waals surface area (Å²) in [7, 11) is 0. The number of amides is 2. The molecule has 0 saturated heterocycles. The predicted octanol–water partition coefficient (Wildman–Crippen LogP) is 4.81. The van der Waals surface area contributed by atoms with Gasteiger partial charge >= 0.3 is 5.97 Å². The summed E-state index contributed by atoms with van der Waals surface area (Å²) in [6.07, 6.45) is 5.60. The lowest BCUT2D eigenvalue weighted by atomic mass is 10.1. The van der Waals surface area contributed by atoms with Crippen molar-refractivity contribution in [2.45, 2.75) is 83.2 Å². The summed E-state index contributed by atoms with van der Waals surface area (Å²) in [6, 6.07) is 7.01. The van der Waals surface area contributed by atoms with Crippen molar-refractivity contribution in [1.29, 1.82) is 0 Å². The molecular formula is C24H36F2N2O5. The molecule has 7 nitrogen and oxygen atoms in total. The summed E-state index contributed by atoms with van der Waals surface area (Å²) in [5.74, 6) is -0.827. The Kier molecular flexibility index (Phi) is 15.5. The van der Waals surface area contributed by atoms with Crippen molar-refractivity contribution in [3.8, 4) is 0 Å². The van der Waals surface area contributed by atoms with Crippen LogP contribution < -0.4 is 10.8 Å². The van der Waals surface area contributed by atoms with Crippen LogP contribution in [0.1, 0.15) is 76.2 Å². The van der Waals surface area contributed by atoms with E-state index in [0.29, 0.717) is 44.4 Å². The predicted molar refractivity (Wildman–Crippen MR) is 121 cm³/mol. The molecule has 1 unspecified atom stereocenters. The van der Waals surface area contributed by atoms with Gasteiger partial charge in [0.25, 0.3) is 0 Å². The molecule has 1 rings (SSSR count). The smallest absolute Gasteiger partial charge is 0.310 e. The lowest BCUT2D eigenvalue weighted by Gasteiger charge is -2.08. The molecule has 1 aromatic carbocycles. The topological polar surface area (TPSA) is 105 Å². The van der Waals surface area contributed by atoms with E-state index < -0.39 is 18.8 Å². The van der Waals surface area contributed by atoms with Gasteiger partial charge in [-0.2, -0.15) is 0 Å². The number of alkyl halides is 2. The molecule has 0 radical (unpaired) electrons. The van der Waals surface area contributed by atoms with Gasteiger partial charge in [0.1, 0.15) is 12.8 Å². The van der Waals surface area contributed by atoms with Crippen LogP contribution in [0.25, 0.3) is 0 Å². The molecule has 0 heterocycles. The van der Waals surface area contributed by atoms with Crippen LogP contribution in [0.2, 0.25) is 0 Å². The summed E-state index contributed by atoms with van der Waals surface area (Å²) in [5, 5.41) is 11.2. The van der Waals surface area contributed by atoms with Crippen molar-refractivity contribution in [2.24, 2.45) is 0 Å². The molecule has 0 aliphatic carbocycles. The van der Waals surface area contributed by atoms with Crippen molar-refractivity contribution in [3.05, 3.63) is 29.8 Å². The zero-order chi connectivity index (χ0) is 24.3. The summed E-state index contributed by atoms with van der Waals surface area (Å²) in [6.45, 7) is -0.620. The average molecular weight is 471 g/mol. The van der Waals surface area contributed by atoms with Crippen molar-refractivity contribution in [2.75, 3.05) is 18.6 Å². The second kappa shape index (κ2) is 17.9. The molecule has 0 aromatic heterocycles. The fraction of sp³-hybridized carbons (Fsp3) is 0.625. The first-order valence-electron chi connectivity index (χ1n) is 11.6. The Morgan fingerprint density at radius 2 is 1.48 bits per heavy atom. The first-order chi connectivity index (χ1) is 15.9. The molecular weight excluding hydrogens is 434 g/mol. The molecule has 1 aromatic rings. The Morgan fingerprint density at radius 1 is 0.879 bits per heavy atom. The van der Waals surface area contributed by atoms with Crippen LogP contribution in [0.15, 0.2) is 24.3 Å². The molecule has 3 N–H and O–H groups in total. The maximum absolute atomic E-state index is 12.7. The Bertz CT molecular complexity index is 701. The zero-order valence-corrected chi connectivity index (χ0v) is 19.1. The highest BCUT2D eigenvalue weighted by molar-refractivity contribution is 5.90. The minimum atomic E-state index is -1.37. The van der Waals surface area contributed by atoms with Gasteiger partial charge in [-0.15, -0.1) is 0 Å². The van der Waals surface area contributed by atoms with Gasteiger partial charge in [-0.25, -0.2) is 14.3 Å². The van der Waals surface area contributed by atoms with Crippen molar-refractivity contribution < 1.29 is 33.1 Å². The van der Waals surface area contributed by atoms with Crippen LogP contribution in [0, 0.1) is 0 Å². The summed E-state index contributed by atoms with van der Waals surface area (Å²) in [4.78, 5) is 34.8. The molecule has 0 spiro atoms. The highest BCUT2D eigenvalue weighted by atomic mass is 19.2. The Labute approximate surface area is 194 Å². The van der Waals surface area contributed by atoms with E-state index in [1.165, 1.54) is 0 Å². The van der Waals surface area contributed by atoms with E-state index in [1.54, 1.807) is 29.7 Å². The van der Waals surface area contributed by atoms with Crippen molar-refractivity contribution in [1.82, 2.24) is 5.48 Å². The molecule has 186 valence electrons. The first kappa shape index (κ1) is 28.5. The number of esters is 1. The Hall–Kier alpha value is -2.55. The molecule has 0 saturated carbocycles. The molecule has 0 aliphatic heterocycles. The van der Waals surface area contributed by atoms with E-state index in [1.807, 2.05) is 0 Å². The number of carbonyl (C=O) groups excluding carboxylic acids is 3. The summed E-state index contributed by atoms with van der Waals surface area (Å²) >= 11 is 0. The van der Waals surface area contributed by atoms with Gasteiger partial charge in [-0.3, -0.25) is 19.6 Å². The fourth-order valence-corrected chi connectivity index (χ4v) is 3.21. The van der Waals surface area contributed by atoms with Crippen LogP contribution in [0.5, 0.6) is 0 Å². The van der Waals surface area contributed by atoms with E-state index in [-0.39, 0.29) is 31.1 Å². The number of ether oxygens (including phenoxy) is 1. The Morgan fingerprint density at radius 3 is 2.12 bits per heavy atom. The first-order valence-corrected chi connectivity index (χ1v) is 11.6. The number of hydrogen-bond acceptors (Lipinski definition) is 5. The van der Waals surface area contributed by atoms with Crippen LogP contribution in [-0.2, 0) is 25.5 Å². The molecule has 0 aliphatic rings. The van der Waals surface area contributed by atoms with E-state index in [4.69, 9.17) is 9.94 Å². The SMILES string of the molecule is O=C(CCCCCCC(=O)Nc1ccc(CC(=O)OCCCCCCC(F)CF)cc1)NO. The Balaban J connectivity index is 2.13. The van der Waals surface area contributed by atoms with Crippen molar-refractivity contribution >= 4 is 23.5 Å². The zero-order valence-electron chi connectivity index (χ0n) is 19.1. The van der Waals surface area contributed by atoms with Gasteiger partial charge < -0.3 is 10.1 Å². The summed E-state index contributed by atoms with van der Waals surface area (Å²) < 4.78 is 30.0. The quantitative estimate of drug-likeness (QED) is 0.124. The van der Waals surface area contributed by atoms with E-state index in [9.17, 15) is 23.2 Å². The number of hydroxylamine groups is 1. The third-order valence-corrected chi connectivity index (χ3v) is 5.11.